The summed E-state index contributed by atoms with van der Waals surface area (Å²) in [5, 5.41) is 3.43. The van der Waals surface area contributed by atoms with Crippen molar-refractivity contribution in [3.05, 3.63) is 29.8 Å². The summed E-state index contributed by atoms with van der Waals surface area (Å²) in [6.45, 7) is 0. The van der Waals surface area contributed by atoms with Crippen molar-refractivity contribution in [3.63, 3.8) is 0 Å². The molecule has 0 bridgehead atoms. The second kappa shape index (κ2) is 3.86. The molecule has 0 spiro atoms. The third kappa shape index (κ3) is 2.32. The first kappa shape index (κ1) is 10.5. The van der Waals surface area contributed by atoms with E-state index in [0.29, 0.717) is 5.54 Å². The Balaban J connectivity index is 2.04. The lowest BCUT2D eigenvalue weighted by Crippen LogP contribution is -2.29. The van der Waals surface area contributed by atoms with E-state index in [4.69, 9.17) is 0 Å². The third-order valence-electron chi connectivity index (χ3n) is 3.38. The first-order valence-electron chi connectivity index (χ1n) is 5.60. The summed E-state index contributed by atoms with van der Waals surface area (Å²) < 4.78 is 0. The molecule has 0 aromatic heterocycles. The monoisotopic (exact) mass is 204 g/mol. The van der Waals surface area contributed by atoms with Gasteiger partial charge in [-0.2, -0.15) is 0 Å². The molecule has 1 N–H and O–H groups in total. The van der Waals surface area contributed by atoms with Crippen molar-refractivity contribution in [1.29, 1.82) is 0 Å². The Kier molecular flexibility index (Phi) is 2.70. The summed E-state index contributed by atoms with van der Waals surface area (Å²) in [4.78, 5) is 2.13. The number of likely N-dealkylation sites (N-methyl/N-ethyl adjacent to an activating group) is 1. The van der Waals surface area contributed by atoms with E-state index in [9.17, 15) is 0 Å². The molecule has 2 rings (SSSR count). The van der Waals surface area contributed by atoms with Gasteiger partial charge in [0, 0.05) is 25.3 Å². The molecule has 0 aliphatic heterocycles. The molecular weight excluding hydrogens is 184 g/mol. The fraction of sp³-hybridized carbons (Fsp3) is 0.538. The van der Waals surface area contributed by atoms with Crippen LogP contribution in [0.2, 0.25) is 0 Å². The number of hydrogen-bond donors (Lipinski definition) is 1. The zero-order valence-electron chi connectivity index (χ0n) is 9.88. The molecule has 15 heavy (non-hydrogen) atoms. The Morgan fingerprint density at radius 1 is 1.20 bits per heavy atom. The van der Waals surface area contributed by atoms with E-state index in [2.05, 4.69) is 55.6 Å². The quantitative estimate of drug-likeness (QED) is 0.807. The first-order valence-corrected chi connectivity index (χ1v) is 5.60. The number of hydrogen-bond acceptors (Lipinski definition) is 2. The first-order chi connectivity index (χ1) is 7.15. The number of rotatable bonds is 4. The average Bonchev–Trinajstić information content (AvgIpc) is 2.99. The molecule has 82 valence electrons. The molecule has 1 saturated carbocycles. The van der Waals surface area contributed by atoms with E-state index in [1.807, 2.05) is 0 Å². The van der Waals surface area contributed by atoms with Crippen molar-refractivity contribution in [1.82, 2.24) is 5.32 Å². The SMILES string of the molecule is CNC1(Cc2ccc(N(C)C)cc2)CC1. The predicted molar refractivity (Wildman–Crippen MR) is 65.5 cm³/mol. The van der Waals surface area contributed by atoms with Gasteiger partial charge < -0.3 is 10.2 Å². The molecule has 0 atom stereocenters. The number of benzene rings is 1. The summed E-state index contributed by atoms with van der Waals surface area (Å²) >= 11 is 0. The molecular formula is C13H20N2. The Labute approximate surface area is 92.3 Å². The van der Waals surface area contributed by atoms with Gasteiger partial charge in [-0.05, 0) is 44.0 Å². The number of anilines is 1. The lowest BCUT2D eigenvalue weighted by Gasteiger charge is -2.16. The second-order valence-electron chi connectivity index (χ2n) is 4.77. The zero-order valence-corrected chi connectivity index (χ0v) is 9.88. The van der Waals surface area contributed by atoms with E-state index in [1.165, 1.54) is 24.1 Å². The van der Waals surface area contributed by atoms with Crippen LogP contribution in [-0.4, -0.2) is 26.7 Å². The molecule has 2 nitrogen and oxygen atoms in total. The Morgan fingerprint density at radius 3 is 2.20 bits per heavy atom. The van der Waals surface area contributed by atoms with Crippen LogP contribution in [0.3, 0.4) is 0 Å². The van der Waals surface area contributed by atoms with Crippen LogP contribution >= 0.6 is 0 Å². The summed E-state index contributed by atoms with van der Waals surface area (Å²) in [6, 6.07) is 8.88. The van der Waals surface area contributed by atoms with Gasteiger partial charge in [-0.3, -0.25) is 0 Å². The normalized spacial score (nSPS) is 17.5. The molecule has 2 heteroatoms. The van der Waals surface area contributed by atoms with E-state index in [-0.39, 0.29) is 0 Å². The Morgan fingerprint density at radius 2 is 1.80 bits per heavy atom. The van der Waals surface area contributed by atoms with Crippen molar-refractivity contribution in [2.75, 3.05) is 26.0 Å². The minimum atomic E-state index is 0.416. The molecule has 0 radical (unpaired) electrons. The van der Waals surface area contributed by atoms with Crippen molar-refractivity contribution in [2.45, 2.75) is 24.8 Å². The van der Waals surface area contributed by atoms with E-state index < -0.39 is 0 Å². The topological polar surface area (TPSA) is 15.3 Å². The maximum atomic E-state index is 3.43. The summed E-state index contributed by atoms with van der Waals surface area (Å²) in [5.74, 6) is 0. The standard InChI is InChI=1S/C13H20N2/c1-14-13(8-9-13)10-11-4-6-12(7-5-11)15(2)3/h4-7,14H,8-10H2,1-3H3. The zero-order chi connectivity index (χ0) is 10.9. The van der Waals surface area contributed by atoms with Crippen LogP contribution in [0.5, 0.6) is 0 Å². The molecule has 1 aliphatic rings. The molecule has 1 aromatic rings. The van der Waals surface area contributed by atoms with Gasteiger partial charge in [0.1, 0.15) is 0 Å². The van der Waals surface area contributed by atoms with Crippen LogP contribution in [0.25, 0.3) is 0 Å². The van der Waals surface area contributed by atoms with Crippen LogP contribution in [0, 0.1) is 0 Å². The fourth-order valence-electron chi connectivity index (χ4n) is 1.97. The van der Waals surface area contributed by atoms with Gasteiger partial charge >= 0.3 is 0 Å². The molecule has 0 unspecified atom stereocenters. The van der Waals surface area contributed by atoms with Gasteiger partial charge in [0.05, 0.1) is 0 Å². The highest BCUT2D eigenvalue weighted by molar-refractivity contribution is 5.46. The minimum Gasteiger partial charge on any atom is -0.378 e. The van der Waals surface area contributed by atoms with Gasteiger partial charge in [0.25, 0.3) is 0 Å². The van der Waals surface area contributed by atoms with Crippen LogP contribution in [0.1, 0.15) is 18.4 Å². The second-order valence-corrected chi connectivity index (χ2v) is 4.77. The minimum absolute atomic E-state index is 0.416. The highest BCUT2D eigenvalue weighted by Gasteiger charge is 2.40. The van der Waals surface area contributed by atoms with Gasteiger partial charge in [0.2, 0.25) is 0 Å². The largest absolute Gasteiger partial charge is 0.378 e. The average molecular weight is 204 g/mol. The smallest absolute Gasteiger partial charge is 0.0361 e. The summed E-state index contributed by atoms with van der Waals surface area (Å²) in [5.41, 5.74) is 3.13. The van der Waals surface area contributed by atoms with Gasteiger partial charge in [-0.15, -0.1) is 0 Å². The van der Waals surface area contributed by atoms with Crippen LogP contribution in [-0.2, 0) is 6.42 Å². The molecule has 0 amide bonds. The van der Waals surface area contributed by atoms with Gasteiger partial charge in [0.15, 0.2) is 0 Å². The fourth-order valence-corrected chi connectivity index (χ4v) is 1.97. The van der Waals surface area contributed by atoms with Gasteiger partial charge in [-0.25, -0.2) is 0 Å². The van der Waals surface area contributed by atoms with E-state index in [0.717, 1.165) is 6.42 Å². The van der Waals surface area contributed by atoms with Crippen molar-refractivity contribution < 1.29 is 0 Å². The Bertz CT molecular complexity index is 323. The van der Waals surface area contributed by atoms with E-state index in [1.54, 1.807) is 0 Å². The molecule has 1 fully saturated rings. The maximum Gasteiger partial charge on any atom is 0.0361 e. The molecule has 1 aliphatic carbocycles. The van der Waals surface area contributed by atoms with Crippen LogP contribution in [0.15, 0.2) is 24.3 Å². The maximum absolute atomic E-state index is 3.43. The van der Waals surface area contributed by atoms with Crippen LogP contribution in [0.4, 0.5) is 5.69 Å². The predicted octanol–water partition coefficient (Wildman–Crippen LogP) is 2.05. The van der Waals surface area contributed by atoms with Crippen molar-refractivity contribution in [2.24, 2.45) is 0 Å². The van der Waals surface area contributed by atoms with E-state index >= 15 is 0 Å². The summed E-state index contributed by atoms with van der Waals surface area (Å²) in [6.07, 6.45) is 3.80. The highest BCUT2D eigenvalue weighted by Crippen LogP contribution is 2.38. The van der Waals surface area contributed by atoms with Gasteiger partial charge in [-0.1, -0.05) is 12.1 Å². The summed E-state index contributed by atoms with van der Waals surface area (Å²) in [7, 11) is 6.22. The lowest BCUT2D eigenvalue weighted by molar-refractivity contribution is 0.549. The molecule has 1 aromatic carbocycles. The lowest BCUT2D eigenvalue weighted by atomic mass is 10.0. The highest BCUT2D eigenvalue weighted by atomic mass is 15.1. The molecule has 0 saturated heterocycles. The Hall–Kier alpha value is -1.02. The molecule has 0 heterocycles. The third-order valence-corrected chi connectivity index (χ3v) is 3.38. The van der Waals surface area contributed by atoms with Crippen molar-refractivity contribution in [3.8, 4) is 0 Å². The number of nitrogens with one attached hydrogen (secondary N) is 1. The number of nitrogens with zero attached hydrogens (tertiary/aromatic N) is 1. The van der Waals surface area contributed by atoms with Crippen molar-refractivity contribution >= 4 is 5.69 Å². The van der Waals surface area contributed by atoms with Crippen LogP contribution < -0.4 is 10.2 Å².